The Balaban J connectivity index is 1.69. The number of pyridine rings is 1. The van der Waals surface area contributed by atoms with Crippen molar-refractivity contribution in [1.82, 2.24) is 14.8 Å². The Hall–Kier alpha value is -3.48. The third-order valence-corrected chi connectivity index (χ3v) is 5.83. The van der Waals surface area contributed by atoms with Crippen LogP contribution in [0.1, 0.15) is 38.9 Å². The molecule has 2 aliphatic heterocycles. The highest BCUT2D eigenvalue weighted by Gasteiger charge is 2.44. The van der Waals surface area contributed by atoms with Gasteiger partial charge in [0.05, 0.1) is 25.2 Å². The maximum Gasteiger partial charge on any atom is 0.275 e. The molecule has 2 N–H and O–H groups in total. The number of hydrogen-bond donors (Lipinski definition) is 2. The highest BCUT2D eigenvalue weighted by molar-refractivity contribution is 5.99. The average molecular weight is 487 g/mol. The Bertz CT molecular complexity index is 1200. The third kappa shape index (κ3) is 4.11. The minimum atomic E-state index is -2.87. The van der Waals surface area contributed by atoms with Crippen LogP contribution in [0, 0.1) is 17.5 Å². The average Bonchev–Trinajstić information content (AvgIpc) is 2.77. The van der Waals surface area contributed by atoms with Gasteiger partial charge in [0.25, 0.3) is 18.2 Å². The summed E-state index contributed by atoms with van der Waals surface area (Å²) in [5.41, 5.74) is -3.09. The van der Waals surface area contributed by atoms with Crippen molar-refractivity contribution < 1.29 is 41.4 Å². The number of alkyl halides is 2. The molecule has 0 spiro atoms. The van der Waals surface area contributed by atoms with Gasteiger partial charge in [-0.05, 0) is 6.42 Å². The second-order valence-electron chi connectivity index (χ2n) is 7.85. The van der Waals surface area contributed by atoms with Gasteiger partial charge in [0.15, 0.2) is 11.4 Å². The molecule has 2 amide bonds. The first kappa shape index (κ1) is 23.7. The van der Waals surface area contributed by atoms with Crippen LogP contribution in [0.25, 0.3) is 0 Å². The van der Waals surface area contributed by atoms with E-state index in [1.807, 2.05) is 0 Å². The first-order chi connectivity index (χ1) is 16.1. The molecule has 2 atom stereocenters. The predicted molar refractivity (Wildman–Crippen MR) is 105 cm³/mol. The first-order valence-corrected chi connectivity index (χ1v) is 10.2. The van der Waals surface area contributed by atoms with Gasteiger partial charge in [-0.25, -0.2) is 22.0 Å². The molecule has 182 valence electrons. The Labute approximate surface area is 188 Å². The minimum absolute atomic E-state index is 0.0693. The quantitative estimate of drug-likeness (QED) is 0.629. The van der Waals surface area contributed by atoms with Crippen molar-refractivity contribution in [2.45, 2.75) is 31.5 Å². The maximum absolute atomic E-state index is 13.8. The zero-order valence-electron chi connectivity index (χ0n) is 17.4. The molecule has 0 saturated carbocycles. The molecule has 1 saturated heterocycles. The molecule has 0 unspecified atom stereocenters. The number of nitrogens with one attached hydrogen (secondary N) is 1. The largest absolute Gasteiger partial charge is 0.503 e. The van der Waals surface area contributed by atoms with Crippen molar-refractivity contribution in [1.29, 1.82) is 0 Å². The van der Waals surface area contributed by atoms with Gasteiger partial charge in [-0.3, -0.25) is 14.4 Å². The second kappa shape index (κ2) is 9.05. The number of aromatic nitrogens is 1. The molecular weight excluding hydrogens is 469 g/mol. The molecule has 1 fully saturated rings. The second-order valence-corrected chi connectivity index (χ2v) is 7.85. The van der Waals surface area contributed by atoms with Gasteiger partial charge in [-0.15, -0.1) is 0 Å². The Morgan fingerprint density at radius 3 is 2.50 bits per heavy atom. The smallest absolute Gasteiger partial charge is 0.275 e. The molecule has 0 radical (unpaired) electrons. The van der Waals surface area contributed by atoms with Gasteiger partial charge in [0, 0.05) is 37.0 Å². The van der Waals surface area contributed by atoms with E-state index in [0.717, 1.165) is 11.1 Å². The number of fused-ring (bicyclic) bond motifs is 3. The summed E-state index contributed by atoms with van der Waals surface area (Å²) in [6.07, 6.45) is -1.63. The first-order valence-electron chi connectivity index (χ1n) is 10.2. The van der Waals surface area contributed by atoms with Crippen LogP contribution in [-0.2, 0) is 11.3 Å². The summed E-state index contributed by atoms with van der Waals surface area (Å²) in [5.74, 6) is -6.91. The maximum atomic E-state index is 13.8. The highest BCUT2D eigenvalue weighted by atomic mass is 19.3. The zero-order chi connectivity index (χ0) is 24.7. The van der Waals surface area contributed by atoms with Crippen LogP contribution in [0.15, 0.2) is 23.1 Å². The number of carbonyl (C=O) groups is 2. The van der Waals surface area contributed by atoms with E-state index in [-0.39, 0.29) is 19.6 Å². The van der Waals surface area contributed by atoms with E-state index in [2.05, 4.69) is 5.32 Å². The summed E-state index contributed by atoms with van der Waals surface area (Å²) in [7, 11) is 0. The summed E-state index contributed by atoms with van der Waals surface area (Å²) < 4.78 is 73.4. The molecule has 0 aliphatic carbocycles. The van der Waals surface area contributed by atoms with Gasteiger partial charge in [-0.1, -0.05) is 0 Å². The normalized spacial score (nSPS) is 19.7. The standard InChI is InChI=1S/C21H18F5N3O5/c22-9-3-12(23)10(13(24)4-9)5-27-20(32)11-6-28-14-1-2-34-8-15(14)29(7-16(25)26)21(33)17(28)19(31)18(11)30/h3-4,6,14-16,31H,1-2,5,7-8H2,(H,27,32)/t14-,15+/m0/s1. The van der Waals surface area contributed by atoms with Crippen LogP contribution in [0.4, 0.5) is 22.0 Å². The van der Waals surface area contributed by atoms with E-state index >= 15 is 0 Å². The van der Waals surface area contributed by atoms with Gasteiger partial charge < -0.3 is 24.6 Å². The molecule has 13 heteroatoms. The van der Waals surface area contributed by atoms with Gasteiger partial charge in [-0.2, -0.15) is 0 Å². The molecule has 3 heterocycles. The molecule has 34 heavy (non-hydrogen) atoms. The topological polar surface area (TPSA) is 101 Å². The molecule has 1 aromatic carbocycles. The number of nitrogens with zero attached hydrogens (tertiary/aromatic N) is 2. The van der Waals surface area contributed by atoms with E-state index in [9.17, 15) is 41.4 Å². The minimum Gasteiger partial charge on any atom is -0.503 e. The van der Waals surface area contributed by atoms with Crippen LogP contribution in [0.5, 0.6) is 5.75 Å². The van der Waals surface area contributed by atoms with Crippen molar-refractivity contribution in [3.05, 3.63) is 62.8 Å². The van der Waals surface area contributed by atoms with E-state index in [1.54, 1.807) is 0 Å². The molecule has 2 aliphatic rings. The van der Waals surface area contributed by atoms with E-state index < -0.39 is 88.9 Å². The van der Waals surface area contributed by atoms with Gasteiger partial charge in [0.1, 0.15) is 23.0 Å². The van der Waals surface area contributed by atoms with Crippen molar-refractivity contribution in [3.8, 4) is 5.75 Å². The number of rotatable bonds is 5. The number of amides is 2. The van der Waals surface area contributed by atoms with Crippen molar-refractivity contribution in [2.75, 3.05) is 19.8 Å². The fraction of sp³-hybridized carbons (Fsp3) is 0.381. The van der Waals surface area contributed by atoms with Gasteiger partial charge >= 0.3 is 0 Å². The molecule has 1 aromatic heterocycles. The fourth-order valence-corrected chi connectivity index (χ4v) is 4.25. The monoisotopic (exact) mass is 487 g/mol. The lowest BCUT2D eigenvalue weighted by molar-refractivity contribution is -0.0339. The van der Waals surface area contributed by atoms with E-state index in [1.165, 1.54) is 4.57 Å². The summed E-state index contributed by atoms with van der Waals surface area (Å²) in [6.45, 7) is -1.54. The number of aromatic hydroxyl groups is 1. The molecule has 8 nitrogen and oxygen atoms in total. The molecular formula is C21H18F5N3O5. The van der Waals surface area contributed by atoms with Crippen LogP contribution in [0.2, 0.25) is 0 Å². The van der Waals surface area contributed by atoms with E-state index in [4.69, 9.17) is 4.74 Å². The zero-order valence-corrected chi connectivity index (χ0v) is 17.4. The lowest BCUT2D eigenvalue weighted by atomic mass is 9.95. The lowest BCUT2D eigenvalue weighted by Crippen LogP contribution is -2.56. The summed E-state index contributed by atoms with van der Waals surface area (Å²) in [5, 5.41) is 12.6. The number of benzene rings is 1. The fourth-order valence-electron chi connectivity index (χ4n) is 4.25. The molecule has 2 aromatic rings. The summed E-state index contributed by atoms with van der Waals surface area (Å²) in [4.78, 5) is 39.0. The third-order valence-electron chi connectivity index (χ3n) is 5.83. The Morgan fingerprint density at radius 1 is 1.18 bits per heavy atom. The van der Waals surface area contributed by atoms with Crippen molar-refractivity contribution in [2.24, 2.45) is 0 Å². The number of ether oxygens (including phenoxy) is 1. The molecule has 0 bridgehead atoms. The van der Waals surface area contributed by atoms with Crippen LogP contribution >= 0.6 is 0 Å². The van der Waals surface area contributed by atoms with Gasteiger partial charge in [0.2, 0.25) is 5.43 Å². The summed E-state index contributed by atoms with van der Waals surface area (Å²) >= 11 is 0. The van der Waals surface area contributed by atoms with Crippen LogP contribution < -0.4 is 10.7 Å². The van der Waals surface area contributed by atoms with Crippen molar-refractivity contribution in [3.63, 3.8) is 0 Å². The van der Waals surface area contributed by atoms with Crippen molar-refractivity contribution >= 4 is 11.8 Å². The molecule has 4 rings (SSSR count). The van der Waals surface area contributed by atoms with Crippen LogP contribution in [-0.4, -0.2) is 58.6 Å². The Kier molecular flexibility index (Phi) is 6.30. The van der Waals surface area contributed by atoms with E-state index in [0.29, 0.717) is 12.1 Å². The SMILES string of the molecule is O=C(NCc1c(F)cc(F)cc1F)c1cn2c(c(O)c1=O)C(=O)N(CC(F)F)[C@@H]1COCC[C@@H]12. The summed E-state index contributed by atoms with van der Waals surface area (Å²) in [6, 6.07) is -0.661. The van der Waals surface area contributed by atoms with Crippen LogP contribution in [0.3, 0.4) is 0 Å². The number of halogens is 5. The lowest BCUT2D eigenvalue weighted by Gasteiger charge is -2.45. The highest BCUT2D eigenvalue weighted by Crippen LogP contribution is 2.35. The predicted octanol–water partition coefficient (Wildman–Crippen LogP) is 1.95. The number of carbonyl (C=O) groups excluding carboxylic acids is 2. The number of hydrogen-bond acceptors (Lipinski definition) is 5. The Morgan fingerprint density at radius 2 is 1.85 bits per heavy atom.